The van der Waals surface area contributed by atoms with E-state index in [1.54, 1.807) is 39.0 Å². The highest BCUT2D eigenvalue weighted by Gasteiger charge is 2.24. The molecule has 1 aliphatic rings. The van der Waals surface area contributed by atoms with Gasteiger partial charge in [0.2, 0.25) is 5.91 Å². The van der Waals surface area contributed by atoms with Crippen molar-refractivity contribution in [2.45, 2.75) is 64.3 Å². The molecule has 0 spiro atoms. The molecular formula is C22H31NO4S. The summed E-state index contributed by atoms with van der Waals surface area (Å²) in [7, 11) is 0. The summed E-state index contributed by atoms with van der Waals surface area (Å²) in [5, 5.41) is 3.12. The van der Waals surface area contributed by atoms with Crippen molar-refractivity contribution < 1.29 is 19.1 Å². The van der Waals surface area contributed by atoms with Crippen LogP contribution in [0.3, 0.4) is 0 Å². The molecule has 2 atom stereocenters. The van der Waals surface area contributed by atoms with E-state index >= 15 is 0 Å². The molecule has 1 amide bonds. The van der Waals surface area contributed by atoms with E-state index < -0.39 is 11.4 Å². The molecule has 0 unspecified atom stereocenters. The topological polar surface area (TPSA) is 72.5 Å². The maximum atomic E-state index is 12.4. The maximum Gasteiger partial charge on any atom is 0.339 e. The molecule has 5 nitrogen and oxygen atoms in total. The fourth-order valence-electron chi connectivity index (χ4n) is 3.11. The molecule has 2 rings (SSSR count). The van der Waals surface area contributed by atoms with Crippen LogP contribution in [0.1, 0.15) is 63.7 Å². The number of thioether (sulfide) groups is 1. The van der Waals surface area contributed by atoms with Gasteiger partial charge in [0.15, 0.2) is 12.4 Å². The summed E-state index contributed by atoms with van der Waals surface area (Å²) in [6.07, 6.45) is 4.57. The lowest BCUT2D eigenvalue weighted by Crippen LogP contribution is -2.41. The van der Waals surface area contributed by atoms with Gasteiger partial charge in [0.1, 0.15) is 0 Å². The summed E-state index contributed by atoms with van der Waals surface area (Å²) in [5.74, 6) is 0.0585. The highest BCUT2D eigenvalue weighted by atomic mass is 32.2. The molecule has 1 aliphatic carbocycles. The summed E-state index contributed by atoms with van der Waals surface area (Å²) in [6.45, 7) is 7.30. The number of amides is 1. The molecule has 1 N–H and O–H groups in total. The van der Waals surface area contributed by atoms with Crippen LogP contribution in [0.4, 0.5) is 0 Å². The monoisotopic (exact) mass is 405 g/mol. The maximum absolute atomic E-state index is 12.4. The summed E-state index contributed by atoms with van der Waals surface area (Å²) in [4.78, 5) is 37.4. The van der Waals surface area contributed by atoms with Crippen molar-refractivity contribution in [2.24, 2.45) is 11.3 Å². The van der Waals surface area contributed by atoms with Crippen molar-refractivity contribution >= 4 is 29.4 Å². The van der Waals surface area contributed by atoms with E-state index in [-0.39, 0.29) is 30.1 Å². The Bertz CT molecular complexity index is 711. The zero-order valence-corrected chi connectivity index (χ0v) is 18.1. The first kappa shape index (κ1) is 22.5. The van der Waals surface area contributed by atoms with Crippen LogP contribution in [0.15, 0.2) is 29.2 Å². The second-order valence-electron chi connectivity index (χ2n) is 8.47. The standard InChI is InChI=1S/C22H31NO4S/c1-15-9-5-7-11-17(15)23-20(25)14-28-18-12-8-6-10-16(18)21(26)27-13-19(24)22(2,3)4/h6,8,10,12,15,17H,5,7,9,11,13-14H2,1-4H3,(H,23,25)/t15-,17-/m1/s1. The molecular weight excluding hydrogens is 374 g/mol. The summed E-state index contributed by atoms with van der Waals surface area (Å²) >= 11 is 1.32. The minimum Gasteiger partial charge on any atom is -0.454 e. The van der Waals surface area contributed by atoms with Crippen LogP contribution >= 0.6 is 11.8 Å². The van der Waals surface area contributed by atoms with E-state index in [4.69, 9.17) is 4.74 Å². The third kappa shape index (κ3) is 6.66. The number of rotatable bonds is 7. The molecule has 1 fully saturated rings. The Kier molecular flexibility index (Phi) is 8.10. The number of esters is 1. The fraction of sp³-hybridized carbons (Fsp3) is 0.591. The molecule has 0 aliphatic heterocycles. The Morgan fingerprint density at radius 3 is 2.50 bits per heavy atom. The van der Waals surface area contributed by atoms with Crippen molar-refractivity contribution in [3.05, 3.63) is 29.8 Å². The lowest BCUT2D eigenvalue weighted by Gasteiger charge is -2.29. The van der Waals surface area contributed by atoms with Crippen LogP contribution in [0.5, 0.6) is 0 Å². The molecule has 1 saturated carbocycles. The molecule has 0 heterocycles. The number of carbonyl (C=O) groups excluding carboxylic acids is 3. The molecule has 28 heavy (non-hydrogen) atoms. The highest BCUT2D eigenvalue weighted by Crippen LogP contribution is 2.26. The lowest BCUT2D eigenvalue weighted by molar-refractivity contribution is -0.129. The van der Waals surface area contributed by atoms with Gasteiger partial charge in [0.25, 0.3) is 0 Å². The van der Waals surface area contributed by atoms with E-state index in [0.717, 1.165) is 19.3 Å². The number of hydrogen-bond donors (Lipinski definition) is 1. The van der Waals surface area contributed by atoms with Crippen LogP contribution in [0, 0.1) is 11.3 Å². The third-order valence-electron chi connectivity index (χ3n) is 5.09. The predicted octanol–water partition coefficient (Wildman–Crippen LogP) is 4.25. The van der Waals surface area contributed by atoms with Gasteiger partial charge in [0.05, 0.1) is 11.3 Å². The van der Waals surface area contributed by atoms with Gasteiger partial charge in [-0.15, -0.1) is 11.8 Å². The molecule has 1 aromatic carbocycles. The van der Waals surface area contributed by atoms with Gasteiger partial charge in [-0.05, 0) is 30.9 Å². The molecule has 0 bridgehead atoms. The van der Waals surface area contributed by atoms with E-state index in [1.807, 2.05) is 6.07 Å². The zero-order chi connectivity index (χ0) is 20.7. The Labute approximate surface area is 172 Å². The fourth-order valence-corrected chi connectivity index (χ4v) is 3.96. The average Bonchev–Trinajstić information content (AvgIpc) is 2.65. The van der Waals surface area contributed by atoms with Crippen LogP contribution in [-0.4, -0.2) is 36.1 Å². The largest absolute Gasteiger partial charge is 0.454 e. The van der Waals surface area contributed by atoms with Gasteiger partial charge in [-0.25, -0.2) is 4.79 Å². The number of Topliss-reactive ketones (excluding diaryl/α,β-unsaturated/α-hetero) is 1. The minimum absolute atomic E-state index is 0.0187. The second kappa shape index (κ2) is 10.1. The zero-order valence-electron chi connectivity index (χ0n) is 17.2. The number of benzene rings is 1. The highest BCUT2D eigenvalue weighted by molar-refractivity contribution is 8.00. The van der Waals surface area contributed by atoms with Gasteiger partial charge < -0.3 is 10.1 Å². The van der Waals surface area contributed by atoms with Crippen LogP contribution in [0.2, 0.25) is 0 Å². The average molecular weight is 406 g/mol. The Morgan fingerprint density at radius 1 is 1.14 bits per heavy atom. The summed E-state index contributed by atoms with van der Waals surface area (Å²) in [6, 6.07) is 7.26. The number of ketones is 1. The van der Waals surface area contributed by atoms with Gasteiger partial charge in [0, 0.05) is 16.4 Å². The molecule has 6 heteroatoms. The molecule has 0 radical (unpaired) electrons. The number of nitrogens with one attached hydrogen (secondary N) is 1. The van der Waals surface area contributed by atoms with Crippen molar-refractivity contribution in [1.82, 2.24) is 5.32 Å². The SMILES string of the molecule is C[C@@H]1CCCC[C@H]1NC(=O)CSc1ccccc1C(=O)OCC(=O)C(C)(C)C. The van der Waals surface area contributed by atoms with Crippen molar-refractivity contribution in [1.29, 1.82) is 0 Å². The van der Waals surface area contributed by atoms with Crippen LogP contribution in [-0.2, 0) is 14.3 Å². The van der Waals surface area contributed by atoms with Crippen LogP contribution in [0.25, 0.3) is 0 Å². The molecule has 0 aromatic heterocycles. The Morgan fingerprint density at radius 2 is 1.82 bits per heavy atom. The third-order valence-corrected chi connectivity index (χ3v) is 6.17. The smallest absolute Gasteiger partial charge is 0.339 e. The Balaban J connectivity index is 1.91. The van der Waals surface area contributed by atoms with Gasteiger partial charge in [-0.2, -0.15) is 0 Å². The predicted molar refractivity (Wildman–Crippen MR) is 111 cm³/mol. The molecule has 0 saturated heterocycles. The van der Waals surface area contributed by atoms with Gasteiger partial charge in [-0.3, -0.25) is 9.59 Å². The first-order chi connectivity index (χ1) is 13.2. The van der Waals surface area contributed by atoms with Crippen molar-refractivity contribution in [2.75, 3.05) is 12.4 Å². The summed E-state index contributed by atoms with van der Waals surface area (Å²) in [5.41, 5.74) is -0.170. The number of ether oxygens (including phenoxy) is 1. The number of carbonyl (C=O) groups is 3. The first-order valence-corrected chi connectivity index (χ1v) is 10.9. The summed E-state index contributed by atoms with van der Waals surface area (Å²) < 4.78 is 5.20. The van der Waals surface area contributed by atoms with Crippen LogP contribution < -0.4 is 5.32 Å². The number of hydrogen-bond acceptors (Lipinski definition) is 5. The normalized spacial score (nSPS) is 19.7. The first-order valence-electron chi connectivity index (χ1n) is 9.90. The van der Waals surface area contributed by atoms with E-state index in [1.165, 1.54) is 18.2 Å². The minimum atomic E-state index is -0.553. The lowest BCUT2D eigenvalue weighted by atomic mass is 9.86. The quantitative estimate of drug-likeness (QED) is 0.542. The van der Waals surface area contributed by atoms with Crippen molar-refractivity contribution in [3.63, 3.8) is 0 Å². The Hall–Kier alpha value is -1.82. The molecule has 1 aromatic rings. The van der Waals surface area contributed by atoms with Crippen molar-refractivity contribution in [3.8, 4) is 0 Å². The van der Waals surface area contributed by atoms with E-state index in [2.05, 4.69) is 12.2 Å². The second-order valence-corrected chi connectivity index (χ2v) is 9.49. The molecule has 154 valence electrons. The van der Waals surface area contributed by atoms with Gasteiger partial charge >= 0.3 is 5.97 Å². The van der Waals surface area contributed by atoms with E-state index in [0.29, 0.717) is 16.4 Å². The van der Waals surface area contributed by atoms with E-state index in [9.17, 15) is 14.4 Å². The van der Waals surface area contributed by atoms with Gasteiger partial charge in [-0.1, -0.05) is 52.7 Å².